The van der Waals surface area contributed by atoms with Crippen LogP contribution < -0.4 is 87.2 Å². The molecule has 23 N–H and O–H groups in total. The van der Waals surface area contributed by atoms with Crippen molar-refractivity contribution in [2.24, 2.45) is 40.5 Å². The minimum absolute atomic E-state index is 0.108. The van der Waals surface area contributed by atoms with Gasteiger partial charge in [0, 0.05) is 41.9 Å². The van der Waals surface area contributed by atoms with Crippen LogP contribution in [0.5, 0.6) is 0 Å². The van der Waals surface area contributed by atoms with Gasteiger partial charge in [0.1, 0.15) is 60.4 Å². The molecule has 1 fully saturated rings. The Morgan fingerprint density at radius 3 is 1.72 bits per heavy atom. The van der Waals surface area contributed by atoms with Crippen LogP contribution in [0.3, 0.4) is 0 Å². The molecule has 1 saturated heterocycles. The molecule has 31 heteroatoms. The standard InChI is InChI=1S/C58H86ClN17O13/c1-30(2)31(3)46-58(89)71-39(15-21-62)49(80)69-40(16-22-63)53(84)76-47(32(4)78)57(88)66-24-18-41(52(83)68-38(14-20-61)50(81)72-43(54(85)75-46)25-33-9-6-5-7-10-33)70-55(86)44(28-64)73-56(87)45(29-77)74-51(82)37(13-19-60)67-48(79)35-17-23-65-42(27-35)34-11-8-12-36(59)26-34/h5-12,17,23,26-27,30-32,37-41,43-47,77-78H,13-16,18-22,24-25,28-29,60-64H2,1-4H3,(H,66,88)(H,67,79)(H,68,83)(H,69,80)(H,70,86)(H,71,89)(H,72,81)(H,73,87)(H,74,82)(H,75,85)(H,76,84)/t31-,32+,37-,38-,39-,40-,41-,43+,44+,45-,46-,47-/m0/s1. The highest BCUT2D eigenvalue weighted by Crippen LogP contribution is 2.22. The zero-order chi connectivity index (χ0) is 65.9. The zero-order valence-electron chi connectivity index (χ0n) is 50.2. The van der Waals surface area contributed by atoms with E-state index in [1.807, 2.05) is 0 Å². The smallest absolute Gasteiger partial charge is 0.252 e. The Hall–Kier alpha value is -8.23. The van der Waals surface area contributed by atoms with Crippen LogP contribution in [0.15, 0.2) is 72.9 Å². The Bertz CT molecular complexity index is 2910. The molecule has 0 aliphatic carbocycles. The zero-order valence-corrected chi connectivity index (χ0v) is 51.0. The number of carbonyl (C=O) groups is 11. The van der Waals surface area contributed by atoms with E-state index < -0.39 is 164 Å². The van der Waals surface area contributed by atoms with E-state index in [4.69, 9.17) is 40.3 Å². The summed E-state index contributed by atoms with van der Waals surface area (Å²) in [5.74, 6) is -11.3. The van der Waals surface area contributed by atoms with E-state index in [1.165, 1.54) is 25.3 Å². The summed E-state index contributed by atoms with van der Waals surface area (Å²) in [6, 6.07) is 2.77. The summed E-state index contributed by atoms with van der Waals surface area (Å²) in [5, 5.41) is 49.3. The molecule has 3 aromatic rings. The third-order valence-corrected chi connectivity index (χ3v) is 14.9. The van der Waals surface area contributed by atoms with Gasteiger partial charge in [-0.1, -0.05) is 74.8 Å². The number of hydrogen-bond acceptors (Lipinski definition) is 19. The lowest BCUT2D eigenvalue weighted by molar-refractivity contribution is -0.136. The predicted molar refractivity (Wildman–Crippen MR) is 328 cm³/mol. The van der Waals surface area contributed by atoms with Crippen LogP contribution in [0.25, 0.3) is 11.3 Å². The Labute approximate surface area is 520 Å². The molecule has 1 aliphatic heterocycles. The first kappa shape index (κ1) is 73.2. The van der Waals surface area contributed by atoms with E-state index in [-0.39, 0.29) is 69.8 Å². The lowest BCUT2D eigenvalue weighted by Gasteiger charge is -2.31. The predicted octanol–water partition coefficient (Wildman–Crippen LogP) is -5.35. The number of halogens is 1. The Morgan fingerprint density at radius 1 is 0.607 bits per heavy atom. The first-order chi connectivity index (χ1) is 42.4. The molecule has 30 nitrogen and oxygen atoms in total. The van der Waals surface area contributed by atoms with Crippen molar-refractivity contribution in [1.82, 2.24) is 63.5 Å². The molecule has 11 amide bonds. The number of carbonyl (C=O) groups excluding carboxylic acids is 11. The molecule has 4 rings (SSSR count). The number of pyridine rings is 1. The van der Waals surface area contributed by atoms with E-state index in [1.54, 1.807) is 75.4 Å². The molecule has 0 radical (unpaired) electrons. The fourth-order valence-corrected chi connectivity index (χ4v) is 9.38. The minimum atomic E-state index is -1.76. The molecule has 0 bridgehead atoms. The number of rotatable bonds is 24. The molecule has 2 aromatic carbocycles. The van der Waals surface area contributed by atoms with Gasteiger partial charge in [-0.15, -0.1) is 0 Å². The quantitative estimate of drug-likeness (QED) is 0.0398. The van der Waals surface area contributed by atoms with Gasteiger partial charge in [-0.3, -0.25) is 57.7 Å². The minimum Gasteiger partial charge on any atom is -0.394 e. The normalized spacial score (nSPS) is 21.9. The molecular weight excluding hydrogens is 1180 g/mol. The van der Waals surface area contributed by atoms with Crippen molar-refractivity contribution < 1.29 is 63.0 Å². The van der Waals surface area contributed by atoms with Crippen LogP contribution in [-0.4, -0.2) is 193 Å². The average molecular weight is 1260 g/mol. The summed E-state index contributed by atoms with van der Waals surface area (Å²) < 4.78 is 0. The van der Waals surface area contributed by atoms with Crippen LogP contribution in [0.1, 0.15) is 75.7 Å². The topological polar surface area (TPSA) is 504 Å². The van der Waals surface area contributed by atoms with Crippen LogP contribution in [0.4, 0.5) is 0 Å². The Kier molecular flexibility index (Phi) is 30.4. The number of nitrogens with zero attached hydrogens (tertiary/aromatic N) is 1. The number of amides is 11. The van der Waals surface area contributed by atoms with Gasteiger partial charge in [-0.05, 0) is 107 Å². The molecule has 12 atom stereocenters. The summed E-state index contributed by atoms with van der Waals surface area (Å²) in [4.78, 5) is 159. The van der Waals surface area contributed by atoms with Crippen LogP contribution in [-0.2, 0) is 54.4 Å². The van der Waals surface area contributed by atoms with Gasteiger partial charge in [0.15, 0.2) is 0 Å². The van der Waals surface area contributed by atoms with Crippen molar-refractivity contribution in [3.8, 4) is 11.3 Å². The molecule has 0 spiro atoms. The fourth-order valence-electron chi connectivity index (χ4n) is 9.19. The number of benzene rings is 2. The summed E-state index contributed by atoms with van der Waals surface area (Å²) in [5.41, 5.74) is 31.2. The first-order valence-corrected chi connectivity index (χ1v) is 29.6. The highest BCUT2D eigenvalue weighted by Gasteiger charge is 2.38. The second-order valence-electron chi connectivity index (χ2n) is 21.7. The summed E-state index contributed by atoms with van der Waals surface area (Å²) in [7, 11) is 0. The van der Waals surface area contributed by atoms with Crippen LogP contribution in [0.2, 0.25) is 5.02 Å². The first-order valence-electron chi connectivity index (χ1n) is 29.3. The number of hydrogen-bond donors (Lipinski definition) is 18. The van der Waals surface area contributed by atoms with E-state index in [0.29, 0.717) is 21.8 Å². The third-order valence-electron chi connectivity index (χ3n) is 14.7. The molecule has 1 aromatic heterocycles. The second-order valence-corrected chi connectivity index (χ2v) is 22.1. The van der Waals surface area contributed by atoms with Crippen molar-refractivity contribution in [1.29, 1.82) is 0 Å². The van der Waals surface area contributed by atoms with Gasteiger partial charge in [0.2, 0.25) is 59.1 Å². The van der Waals surface area contributed by atoms with Gasteiger partial charge in [-0.2, -0.15) is 0 Å². The molecular formula is C58H86ClN17O13. The summed E-state index contributed by atoms with van der Waals surface area (Å²) in [6.07, 6.45) is -1.56. The number of aliphatic hydroxyl groups is 2. The van der Waals surface area contributed by atoms with E-state index >= 15 is 0 Å². The van der Waals surface area contributed by atoms with Crippen molar-refractivity contribution in [3.05, 3.63) is 89.1 Å². The lowest BCUT2D eigenvalue weighted by atomic mass is 9.89. The van der Waals surface area contributed by atoms with Gasteiger partial charge >= 0.3 is 0 Å². The lowest BCUT2D eigenvalue weighted by Crippen LogP contribution is -2.62. The van der Waals surface area contributed by atoms with Gasteiger partial charge in [0.25, 0.3) is 5.91 Å². The molecule has 1 aliphatic rings. The Balaban J connectivity index is 1.68. The second kappa shape index (κ2) is 36.9. The highest BCUT2D eigenvalue weighted by atomic mass is 35.5. The monoisotopic (exact) mass is 1260 g/mol. The average Bonchev–Trinajstić information content (AvgIpc) is 2.34. The number of aliphatic hydroxyl groups excluding tert-OH is 2. The summed E-state index contributed by atoms with van der Waals surface area (Å²) in [6.45, 7) is 3.68. The van der Waals surface area contributed by atoms with Crippen LogP contribution in [0, 0.1) is 11.8 Å². The SMILES string of the molecule is CC(C)[C@H](C)[C@@H]1NC(=O)[C@@H](Cc2ccccc2)NC(=O)[C@H](CCN)NC(=O)[C@@H](NC(=O)[C@@H](CN)NC(=O)[C@H](CO)NC(=O)[C@H](CCN)NC(=O)c2ccnc(-c3cccc(Cl)c3)c2)CCNC(=O)[C@H]([C@@H](C)O)NC(=O)[C@H](CCN)NC(=O)[C@H](CCN)NC1=O. The highest BCUT2D eigenvalue weighted by molar-refractivity contribution is 6.30. The molecule has 0 saturated carbocycles. The molecule has 0 unspecified atom stereocenters. The Morgan fingerprint density at radius 2 is 1.16 bits per heavy atom. The van der Waals surface area contributed by atoms with Crippen LogP contribution >= 0.6 is 11.6 Å². The molecule has 488 valence electrons. The largest absolute Gasteiger partial charge is 0.394 e. The van der Waals surface area contributed by atoms with Crippen molar-refractivity contribution in [2.45, 2.75) is 133 Å². The van der Waals surface area contributed by atoms with Gasteiger partial charge in [0.05, 0.1) is 18.4 Å². The van der Waals surface area contributed by atoms with Gasteiger partial charge in [-0.25, -0.2) is 0 Å². The van der Waals surface area contributed by atoms with E-state index in [0.717, 1.165) is 0 Å². The van der Waals surface area contributed by atoms with E-state index in [2.05, 4.69) is 63.5 Å². The van der Waals surface area contributed by atoms with Crippen molar-refractivity contribution in [2.75, 3.05) is 45.9 Å². The van der Waals surface area contributed by atoms with Crippen molar-refractivity contribution in [3.63, 3.8) is 0 Å². The fraction of sp³-hybridized carbons (Fsp3) is 0.517. The molecule has 89 heavy (non-hydrogen) atoms. The number of nitrogens with two attached hydrogens (primary N) is 5. The maximum atomic E-state index is 14.6. The molecule has 2 heterocycles. The third kappa shape index (κ3) is 22.7. The van der Waals surface area contributed by atoms with Crippen molar-refractivity contribution >= 4 is 76.6 Å². The maximum Gasteiger partial charge on any atom is 0.252 e. The maximum absolute atomic E-state index is 14.6. The number of aromatic nitrogens is 1. The van der Waals surface area contributed by atoms with Gasteiger partial charge < -0.3 is 97.4 Å². The van der Waals surface area contributed by atoms with E-state index in [9.17, 15) is 63.0 Å². The number of nitrogens with one attached hydrogen (secondary N) is 11. The summed E-state index contributed by atoms with van der Waals surface area (Å²) >= 11 is 6.15.